The van der Waals surface area contributed by atoms with Gasteiger partial charge in [0.1, 0.15) is 0 Å². The molecule has 1 heterocycles. The Morgan fingerprint density at radius 1 is 1.10 bits per heavy atom. The van der Waals surface area contributed by atoms with Gasteiger partial charge in [0.15, 0.2) is 0 Å². The van der Waals surface area contributed by atoms with Gasteiger partial charge in [-0.25, -0.2) is 0 Å². The number of benzene rings is 1. The van der Waals surface area contributed by atoms with E-state index in [0.717, 1.165) is 42.6 Å². The Labute approximate surface area is 130 Å². The second-order valence-electron chi connectivity index (χ2n) is 6.08. The van der Waals surface area contributed by atoms with Crippen molar-refractivity contribution in [3.8, 4) is 0 Å². The number of rotatable bonds is 2. The molecule has 0 aliphatic carbocycles. The first kappa shape index (κ1) is 15.5. The van der Waals surface area contributed by atoms with E-state index >= 15 is 0 Å². The van der Waals surface area contributed by atoms with E-state index in [1.54, 1.807) is 0 Å². The third kappa shape index (κ3) is 3.41. The molecule has 0 saturated carbocycles. The Morgan fingerprint density at radius 2 is 1.75 bits per heavy atom. The lowest BCUT2D eigenvalue weighted by Crippen LogP contribution is -2.45. The average molecular weight is 339 g/mol. The van der Waals surface area contributed by atoms with Crippen molar-refractivity contribution < 1.29 is 4.79 Å². The van der Waals surface area contributed by atoms with Gasteiger partial charge in [-0.3, -0.25) is 4.79 Å². The van der Waals surface area contributed by atoms with Gasteiger partial charge in [-0.2, -0.15) is 0 Å². The molecule has 1 aromatic carbocycles. The zero-order valence-electron chi connectivity index (χ0n) is 12.5. The summed E-state index contributed by atoms with van der Waals surface area (Å²) in [5.74, 6) is 0.232. The van der Waals surface area contributed by atoms with Crippen LogP contribution in [0.5, 0.6) is 0 Å². The normalized spacial score (nSPS) is 17.9. The maximum absolute atomic E-state index is 12.9. The summed E-state index contributed by atoms with van der Waals surface area (Å²) in [6.45, 7) is 7.77. The second-order valence-corrected chi connectivity index (χ2v) is 7.00. The molecule has 1 aromatic rings. The molecular weight excluding hydrogens is 316 g/mol. The molecule has 0 unspecified atom stereocenters. The predicted octanol–water partition coefficient (Wildman–Crippen LogP) is 2.89. The van der Waals surface area contributed by atoms with Crippen LogP contribution in [0.4, 0.5) is 0 Å². The fraction of sp³-hybridized carbons (Fsp3) is 0.562. The molecule has 0 spiro atoms. The first-order chi connectivity index (χ1) is 9.41. The number of likely N-dealkylation sites (N-methyl/N-ethyl adjacent to an activating group) is 1. The van der Waals surface area contributed by atoms with Crippen molar-refractivity contribution in [2.75, 3.05) is 33.2 Å². The molecule has 0 bridgehead atoms. The lowest BCUT2D eigenvalue weighted by Gasteiger charge is -2.31. The van der Waals surface area contributed by atoms with E-state index in [-0.39, 0.29) is 5.91 Å². The van der Waals surface area contributed by atoms with E-state index in [9.17, 15) is 4.79 Å². The van der Waals surface area contributed by atoms with Crippen molar-refractivity contribution in [2.45, 2.75) is 25.7 Å². The average Bonchev–Trinajstić information content (AvgIpc) is 2.63. The van der Waals surface area contributed by atoms with Gasteiger partial charge in [-0.15, -0.1) is 0 Å². The van der Waals surface area contributed by atoms with E-state index in [2.05, 4.69) is 27.9 Å². The Balaban J connectivity index is 2.15. The monoisotopic (exact) mass is 338 g/mol. The van der Waals surface area contributed by atoms with Crippen molar-refractivity contribution >= 4 is 21.8 Å². The van der Waals surface area contributed by atoms with Crippen molar-refractivity contribution in [2.24, 2.45) is 0 Å². The number of halogens is 1. The molecule has 1 amide bonds. The number of amides is 1. The molecule has 4 heteroatoms. The third-order valence-corrected chi connectivity index (χ3v) is 4.64. The lowest BCUT2D eigenvalue weighted by molar-refractivity contribution is -0.136. The van der Waals surface area contributed by atoms with Crippen LogP contribution in [0.25, 0.3) is 0 Å². The van der Waals surface area contributed by atoms with Crippen molar-refractivity contribution in [3.05, 3.63) is 34.3 Å². The van der Waals surface area contributed by atoms with Gasteiger partial charge in [-0.1, -0.05) is 28.1 Å². The summed E-state index contributed by atoms with van der Waals surface area (Å²) in [7, 11) is 2.12. The highest BCUT2D eigenvalue weighted by Crippen LogP contribution is 2.27. The van der Waals surface area contributed by atoms with Gasteiger partial charge >= 0.3 is 0 Å². The zero-order valence-corrected chi connectivity index (χ0v) is 14.1. The number of hydrogen-bond acceptors (Lipinski definition) is 2. The van der Waals surface area contributed by atoms with Crippen LogP contribution >= 0.6 is 15.9 Å². The largest absolute Gasteiger partial charge is 0.341 e. The Kier molecular flexibility index (Phi) is 4.86. The van der Waals surface area contributed by atoms with Crippen LogP contribution in [0, 0.1) is 0 Å². The molecule has 1 aliphatic heterocycles. The number of nitrogens with zero attached hydrogens (tertiary/aromatic N) is 2. The lowest BCUT2D eigenvalue weighted by atomic mass is 9.83. The summed E-state index contributed by atoms with van der Waals surface area (Å²) in [6, 6.07) is 8.07. The highest BCUT2D eigenvalue weighted by molar-refractivity contribution is 9.10. The fourth-order valence-corrected chi connectivity index (χ4v) is 2.90. The number of carbonyl (C=O) groups is 1. The molecule has 110 valence electrons. The number of hydrogen-bond donors (Lipinski definition) is 0. The van der Waals surface area contributed by atoms with Gasteiger partial charge < -0.3 is 9.80 Å². The van der Waals surface area contributed by atoms with E-state index in [1.807, 2.05) is 43.0 Å². The van der Waals surface area contributed by atoms with Crippen LogP contribution in [0.15, 0.2) is 28.7 Å². The zero-order chi connectivity index (χ0) is 14.8. The molecule has 1 fully saturated rings. The quantitative estimate of drug-likeness (QED) is 0.827. The summed E-state index contributed by atoms with van der Waals surface area (Å²) in [5, 5.41) is 0. The molecule has 2 rings (SSSR count). The summed E-state index contributed by atoms with van der Waals surface area (Å²) in [6.07, 6.45) is 1.05. The molecule has 0 radical (unpaired) electrons. The summed E-state index contributed by atoms with van der Waals surface area (Å²) in [5.41, 5.74) is 0.604. The molecular formula is C16H23BrN2O. The van der Waals surface area contributed by atoms with E-state index in [4.69, 9.17) is 0 Å². The second kappa shape index (κ2) is 6.27. The van der Waals surface area contributed by atoms with Crippen molar-refractivity contribution in [1.82, 2.24) is 9.80 Å². The van der Waals surface area contributed by atoms with Gasteiger partial charge in [0, 0.05) is 24.1 Å². The maximum atomic E-state index is 12.9. The van der Waals surface area contributed by atoms with Crippen molar-refractivity contribution in [3.63, 3.8) is 0 Å². The molecule has 0 N–H and O–H groups in total. The highest BCUT2D eigenvalue weighted by atomic mass is 79.9. The summed E-state index contributed by atoms with van der Waals surface area (Å²) >= 11 is 3.44. The molecule has 20 heavy (non-hydrogen) atoms. The van der Waals surface area contributed by atoms with Crippen molar-refractivity contribution in [1.29, 1.82) is 0 Å². The van der Waals surface area contributed by atoms with Gasteiger partial charge in [-0.05, 0) is 51.6 Å². The van der Waals surface area contributed by atoms with Crippen LogP contribution in [0.1, 0.15) is 25.8 Å². The standard InChI is InChI=1S/C16H23BrN2O/c1-16(2,13-5-7-14(17)8-6-13)15(20)19-10-4-9-18(3)11-12-19/h5-8H,4,9-12H2,1-3H3. The first-order valence-electron chi connectivity index (χ1n) is 7.15. The molecule has 3 nitrogen and oxygen atoms in total. The first-order valence-corrected chi connectivity index (χ1v) is 7.94. The van der Waals surface area contributed by atoms with Crippen LogP contribution < -0.4 is 0 Å². The minimum absolute atomic E-state index is 0.232. The summed E-state index contributed by atoms with van der Waals surface area (Å²) < 4.78 is 1.04. The molecule has 0 aromatic heterocycles. The fourth-order valence-electron chi connectivity index (χ4n) is 2.63. The predicted molar refractivity (Wildman–Crippen MR) is 85.9 cm³/mol. The SMILES string of the molecule is CN1CCCN(C(=O)C(C)(C)c2ccc(Br)cc2)CC1. The molecule has 1 saturated heterocycles. The van der Waals surface area contributed by atoms with Crippen LogP contribution in [0.3, 0.4) is 0 Å². The minimum Gasteiger partial charge on any atom is -0.341 e. The van der Waals surface area contributed by atoms with E-state index in [0.29, 0.717) is 0 Å². The van der Waals surface area contributed by atoms with E-state index in [1.165, 1.54) is 0 Å². The van der Waals surface area contributed by atoms with E-state index < -0.39 is 5.41 Å². The Morgan fingerprint density at radius 3 is 2.40 bits per heavy atom. The van der Waals surface area contributed by atoms with Crippen LogP contribution in [-0.4, -0.2) is 48.9 Å². The van der Waals surface area contributed by atoms with Gasteiger partial charge in [0.2, 0.25) is 5.91 Å². The minimum atomic E-state index is -0.469. The van der Waals surface area contributed by atoms with Crippen LogP contribution in [0.2, 0.25) is 0 Å². The third-order valence-electron chi connectivity index (χ3n) is 4.11. The molecule has 0 atom stereocenters. The Hall–Kier alpha value is -0.870. The highest BCUT2D eigenvalue weighted by Gasteiger charge is 2.34. The maximum Gasteiger partial charge on any atom is 0.232 e. The van der Waals surface area contributed by atoms with Gasteiger partial charge in [0.05, 0.1) is 5.41 Å². The topological polar surface area (TPSA) is 23.6 Å². The van der Waals surface area contributed by atoms with Gasteiger partial charge in [0.25, 0.3) is 0 Å². The number of carbonyl (C=O) groups excluding carboxylic acids is 1. The molecule has 1 aliphatic rings. The smallest absolute Gasteiger partial charge is 0.232 e. The van der Waals surface area contributed by atoms with Crippen LogP contribution in [-0.2, 0) is 10.2 Å². The Bertz CT molecular complexity index is 470. The summed E-state index contributed by atoms with van der Waals surface area (Å²) in [4.78, 5) is 17.2.